The van der Waals surface area contributed by atoms with Crippen LogP contribution in [0, 0.1) is 5.92 Å². The highest BCUT2D eigenvalue weighted by molar-refractivity contribution is 6.30. The third kappa shape index (κ3) is 2.70. The van der Waals surface area contributed by atoms with Gasteiger partial charge < -0.3 is 10.6 Å². The SMILES string of the molecule is O=C(NC1(c2ccc(Cl)cc2)CCCC1)C1CCNC1. The average Bonchev–Trinajstić information content (AvgIpc) is 3.10. The molecule has 2 aliphatic rings. The third-order valence-electron chi connectivity index (χ3n) is 4.65. The van der Waals surface area contributed by atoms with Gasteiger partial charge in [0.1, 0.15) is 0 Å². The lowest BCUT2D eigenvalue weighted by Crippen LogP contribution is -2.46. The molecule has 0 aromatic heterocycles. The van der Waals surface area contributed by atoms with Gasteiger partial charge in [-0.05, 0) is 43.5 Å². The van der Waals surface area contributed by atoms with Gasteiger partial charge in [-0.2, -0.15) is 0 Å². The second-order valence-corrected chi connectivity index (χ2v) is 6.41. The number of hydrogen-bond donors (Lipinski definition) is 2. The predicted molar refractivity (Wildman–Crippen MR) is 80.7 cm³/mol. The summed E-state index contributed by atoms with van der Waals surface area (Å²) in [7, 11) is 0. The summed E-state index contributed by atoms with van der Waals surface area (Å²) in [5.74, 6) is 0.326. The van der Waals surface area contributed by atoms with Gasteiger partial charge in [0.2, 0.25) is 5.91 Å². The number of hydrogen-bond acceptors (Lipinski definition) is 2. The van der Waals surface area contributed by atoms with Crippen LogP contribution < -0.4 is 10.6 Å². The summed E-state index contributed by atoms with van der Waals surface area (Å²) >= 11 is 5.98. The molecule has 1 heterocycles. The zero-order valence-corrected chi connectivity index (χ0v) is 12.4. The summed E-state index contributed by atoms with van der Waals surface area (Å²) in [6.07, 6.45) is 5.35. The minimum Gasteiger partial charge on any atom is -0.346 e. The maximum absolute atomic E-state index is 12.5. The van der Waals surface area contributed by atoms with Gasteiger partial charge in [-0.25, -0.2) is 0 Å². The molecule has 1 aromatic carbocycles. The fourth-order valence-electron chi connectivity index (χ4n) is 3.45. The third-order valence-corrected chi connectivity index (χ3v) is 4.90. The molecule has 1 amide bonds. The first kappa shape index (κ1) is 13.9. The first-order valence-electron chi connectivity index (χ1n) is 7.48. The Labute approximate surface area is 125 Å². The Bertz CT molecular complexity index is 474. The number of benzene rings is 1. The van der Waals surface area contributed by atoms with E-state index in [1.54, 1.807) is 0 Å². The Morgan fingerprint density at radius 2 is 1.95 bits per heavy atom. The molecule has 2 N–H and O–H groups in total. The highest BCUT2D eigenvalue weighted by Crippen LogP contribution is 2.39. The minimum atomic E-state index is -0.176. The Morgan fingerprint density at radius 3 is 2.55 bits per heavy atom. The average molecular weight is 293 g/mol. The van der Waals surface area contributed by atoms with Crippen molar-refractivity contribution < 1.29 is 4.79 Å². The topological polar surface area (TPSA) is 41.1 Å². The number of carbonyl (C=O) groups is 1. The molecule has 3 rings (SSSR count). The fraction of sp³-hybridized carbons (Fsp3) is 0.562. The van der Waals surface area contributed by atoms with Gasteiger partial charge in [0.05, 0.1) is 11.5 Å². The Hall–Kier alpha value is -1.06. The number of carbonyl (C=O) groups excluding carboxylic acids is 1. The van der Waals surface area contributed by atoms with Crippen LogP contribution in [0.4, 0.5) is 0 Å². The van der Waals surface area contributed by atoms with Crippen molar-refractivity contribution in [2.45, 2.75) is 37.6 Å². The second kappa shape index (κ2) is 5.74. The van der Waals surface area contributed by atoms with Gasteiger partial charge in [-0.15, -0.1) is 0 Å². The number of rotatable bonds is 3. The maximum atomic E-state index is 12.5. The molecule has 2 fully saturated rings. The lowest BCUT2D eigenvalue weighted by Gasteiger charge is -2.32. The van der Waals surface area contributed by atoms with Crippen molar-refractivity contribution in [2.24, 2.45) is 5.92 Å². The van der Waals surface area contributed by atoms with Crippen molar-refractivity contribution >= 4 is 17.5 Å². The van der Waals surface area contributed by atoms with Gasteiger partial charge in [-0.3, -0.25) is 4.79 Å². The molecular formula is C16H21ClN2O. The van der Waals surface area contributed by atoms with E-state index in [2.05, 4.69) is 22.8 Å². The van der Waals surface area contributed by atoms with E-state index in [4.69, 9.17) is 11.6 Å². The summed E-state index contributed by atoms with van der Waals surface area (Å²) in [5, 5.41) is 7.35. The lowest BCUT2D eigenvalue weighted by atomic mass is 9.87. The van der Waals surface area contributed by atoms with Crippen molar-refractivity contribution in [2.75, 3.05) is 13.1 Å². The Balaban J connectivity index is 1.80. The quantitative estimate of drug-likeness (QED) is 0.899. The molecule has 0 bridgehead atoms. The van der Waals surface area contributed by atoms with Gasteiger partial charge in [0.25, 0.3) is 0 Å². The monoisotopic (exact) mass is 292 g/mol. The second-order valence-electron chi connectivity index (χ2n) is 5.98. The van der Waals surface area contributed by atoms with E-state index in [1.807, 2.05) is 12.1 Å². The molecule has 20 heavy (non-hydrogen) atoms. The highest BCUT2D eigenvalue weighted by atomic mass is 35.5. The molecule has 108 valence electrons. The smallest absolute Gasteiger partial charge is 0.225 e. The molecule has 3 nitrogen and oxygen atoms in total. The summed E-state index contributed by atoms with van der Waals surface area (Å²) < 4.78 is 0. The summed E-state index contributed by atoms with van der Waals surface area (Å²) in [6, 6.07) is 7.95. The van der Waals surface area contributed by atoms with Crippen molar-refractivity contribution in [1.82, 2.24) is 10.6 Å². The van der Waals surface area contributed by atoms with Crippen molar-refractivity contribution in [1.29, 1.82) is 0 Å². The van der Waals surface area contributed by atoms with Gasteiger partial charge in [0.15, 0.2) is 0 Å². The van der Waals surface area contributed by atoms with E-state index in [0.717, 1.165) is 37.4 Å². The van der Waals surface area contributed by atoms with E-state index in [9.17, 15) is 4.79 Å². The standard InChI is InChI=1S/C16H21ClN2O/c17-14-5-3-13(4-6-14)16(8-1-2-9-16)19-15(20)12-7-10-18-11-12/h3-6,12,18H,1-2,7-11H2,(H,19,20). The van der Waals surface area contributed by atoms with Crippen LogP contribution in [0.1, 0.15) is 37.7 Å². The van der Waals surface area contributed by atoms with Crippen molar-refractivity contribution in [3.05, 3.63) is 34.9 Å². The Morgan fingerprint density at radius 1 is 1.25 bits per heavy atom. The Kier molecular flexibility index (Phi) is 3.99. The van der Waals surface area contributed by atoms with Crippen molar-refractivity contribution in [3.63, 3.8) is 0 Å². The molecule has 0 spiro atoms. The molecule has 1 saturated heterocycles. The minimum absolute atomic E-state index is 0.125. The molecular weight excluding hydrogens is 272 g/mol. The first-order valence-corrected chi connectivity index (χ1v) is 7.86. The molecule has 0 radical (unpaired) electrons. The van der Waals surface area contributed by atoms with Crippen LogP contribution in [-0.4, -0.2) is 19.0 Å². The molecule has 1 unspecified atom stereocenters. The summed E-state index contributed by atoms with van der Waals surface area (Å²) in [5.41, 5.74) is 1.02. The van der Waals surface area contributed by atoms with Crippen molar-refractivity contribution in [3.8, 4) is 0 Å². The normalized spacial score (nSPS) is 24.8. The molecule has 1 aromatic rings. The van der Waals surface area contributed by atoms with E-state index in [-0.39, 0.29) is 17.4 Å². The fourth-order valence-corrected chi connectivity index (χ4v) is 3.58. The van der Waals surface area contributed by atoms with E-state index < -0.39 is 0 Å². The van der Waals surface area contributed by atoms with Gasteiger partial charge >= 0.3 is 0 Å². The first-order chi connectivity index (χ1) is 9.70. The highest BCUT2D eigenvalue weighted by Gasteiger charge is 2.38. The van der Waals surface area contributed by atoms with Crippen LogP contribution >= 0.6 is 11.6 Å². The molecule has 1 aliphatic carbocycles. The lowest BCUT2D eigenvalue weighted by molar-refractivity contribution is -0.126. The van der Waals surface area contributed by atoms with E-state index >= 15 is 0 Å². The zero-order valence-electron chi connectivity index (χ0n) is 11.6. The molecule has 1 atom stereocenters. The van der Waals surface area contributed by atoms with Crippen LogP contribution in [0.5, 0.6) is 0 Å². The van der Waals surface area contributed by atoms with Crippen LogP contribution in [-0.2, 0) is 10.3 Å². The summed E-state index contributed by atoms with van der Waals surface area (Å²) in [6.45, 7) is 1.76. The zero-order chi connectivity index (χ0) is 14.0. The molecule has 4 heteroatoms. The largest absolute Gasteiger partial charge is 0.346 e. The van der Waals surface area contributed by atoms with E-state index in [1.165, 1.54) is 18.4 Å². The number of halogens is 1. The van der Waals surface area contributed by atoms with Gasteiger partial charge in [0, 0.05) is 11.6 Å². The summed E-state index contributed by atoms with van der Waals surface area (Å²) in [4.78, 5) is 12.5. The molecule has 1 aliphatic heterocycles. The predicted octanol–water partition coefficient (Wildman–Crippen LogP) is 2.84. The molecule has 1 saturated carbocycles. The van der Waals surface area contributed by atoms with Gasteiger partial charge in [-0.1, -0.05) is 36.6 Å². The van der Waals surface area contributed by atoms with Crippen LogP contribution in [0.25, 0.3) is 0 Å². The number of amides is 1. The van der Waals surface area contributed by atoms with Crippen LogP contribution in [0.15, 0.2) is 24.3 Å². The number of nitrogens with one attached hydrogen (secondary N) is 2. The van der Waals surface area contributed by atoms with E-state index in [0.29, 0.717) is 0 Å². The maximum Gasteiger partial charge on any atom is 0.225 e. The van der Waals surface area contributed by atoms with Crippen LogP contribution in [0.2, 0.25) is 5.02 Å². The van der Waals surface area contributed by atoms with Crippen LogP contribution in [0.3, 0.4) is 0 Å².